The van der Waals surface area contributed by atoms with Gasteiger partial charge in [-0.2, -0.15) is 13.2 Å². The van der Waals surface area contributed by atoms with E-state index in [4.69, 9.17) is 25.6 Å². The van der Waals surface area contributed by atoms with Crippen molar-refractivity contribution < 1.29 is 32.0 Å². The summed E-state index contributed by atoms with van der Waals surface area (Å²) in [6, 6.07) is 2.15. The molecular formula is C20H27BClF3N2O4. The van der Waals surface area contributed by atoms with E-state index >= 15 is 0 Å². The number of carbonyl (C=O) groups excluding carboxylic acids is 1. The van der Waals surface area contributed by atoms with Gasteiger partial charge >= 0.3 is 19.4 Å². The first kappa shape index (κ1) is 25.5. The van der Waals surface area contributed by atoms with Gasteiger partial charge in [-0.3, -0.25) is 0 Å². The van der Waals surface area contributed by atoms with Gasteiger partial charge in [0, 0.05) is 6.54 Å². The summed E-state index contributed by atoms with van der Waals surface area (Å²) in [6.07, 6.45) is -3.91. The van der Waals surface area contributed by atoms with Crippen LogP contribution in [0, 0.1) is 0 Å². The lowest BCUT2D eigenvalue weighted by Crippen LogP contribution is -2.41. The lowest BCUT2D eigenvalue weighted by Gasteiger charge is -2.32. The molecular weight excluding hydrogens is 435 g/mol. The lowest BCUT2D eigenvalue weighted by molar-refractivity contribution is -0.141. The Morgan fingerprint density at radius 2 is 1.74 bits per heavy atom. The van der Waals surface area contributed by atoms with Crippen molar-refractivity contribution in [3.8, 4) is 0 Å². The molecule has 1 N–H and O–H groups in total. The van der Waals surface area contributed by atoms with Crippen LogP contribution in [0.25, 0.3) is 6.08 Å². The van der Waals surface area contributed by atoms with Crippen molar-refractivity contribution in [3.05, 3.63) is 34.0 Å². The maximum absolute atomic E-state index is 13.1. The third-order valence-electron chi connectivity index (χ3n) is 4.85. The summed E-state index contributed by atoms with van der Waals surface area (Å²) in [4.78, 5) is 15.4. The molecule has 2 heterocycles. The Hall–Kier alpha value is -1.78. The van der Waals surface area contributed by atoms with Crippen LogP contribution in [0.2, 0.25) is 5.15 Å². The van der Waals surface area contributed by atoms with Gasteiger partial charge in [-0.05, 0) is 71.6 Å². The Kier molecular flexibility index (Phi) is 7.10. The van der Waals surface area contributed by atoms with E-state index in [1.807, 2.05) is 27.7 Å². The van der Waals surface area contributed by atoms with E-state index in [0.717, 1.165) is 6.07 Å². The van der Waals surface area contributed by atoms with Gasteiger partial charge in [-0.15, -0.1) is 0 Å². The molecule has 1 amide bonds. The minimum absolute atomic E-state index is 0.0764. The molecule has 11 heteroatoms. The minimum atomic E-state index is -4.66. The van der Waals surface area contributed by atoms with Gasteiger partial charge in [0.15, 0.2) is 0 Å². The van der Waals surface area contributed by atoms with Gasteiger partial charge in [0.25, 0.3) is 0 Å². The number of hydrogen-bond donors (Lipinski definition) is 1. The number of amides is 1. The maximum Gasteiger partial charge on any atom is 0.492 e. The predicted molar refractivity (Wildman–Crippen MR) is 113 cm³/mol. The summed E-state index contributed by atoms with van der Waals surface area (Å²) < 4.78 is 56.6. The first-order valence-electron chi connectivity index (χ1n) is 9.67. The zero-order valence-corrected chi connectivity index (χ0v) is 19.4. The van der Waals surface area contributed by atoms with E-state index in [-0.39, 0.29) is 17.3 Å². The summed E-state index contributed by atoms with van der Waals surface area (Å²) in [5.41, 5.74) is -2.67. The largest absolute Gasteiger partial charge is 0.492 e. The van der Waals surface area contributed by atoms with Crippen LogP contribution in [-0.4, -0.2) is 41.5 Å². The van der Waals surface area contributed by atoms with Gasteiger partial charge < -0.3 is 19.4 Å². The van der Waals surface area contributed by atoms with Crippen LogP contribution in [0.1, 0.15) is 59.7 Å². The number of hydrogen-bond acceptors (Lipinski definition) is 5. The third kappa shape index (κ3) is 6.85. The van der Waals surface area contributed by atoms with Crippen molar-refractivity contribution in [2.75, 3.05) is 6.54 Å². The van der Waals surface area contributed by atoms with E-state index in [1.165, 1.54) is 12.1 Å². The predicted octanol–water partition coefficient (Wildman–Crippen LogP) is 5.29. The van der Waals surface area contributed by atoms with Gasteiger partial charge in [0.1, 0.15) is 16.4 Å². The second-order valence-electron chi connectivity index (χ2n) is 9.27. The van der Waals surface area contributed by atoms with Crippen molar-refractivity contribution in [1.82, 2.24) is 10.3 Å². The first-order chi connectivity index (χ1) is 13.9. The second-order valence-corrected chi connectivity index (χ2v) is 9.66. The second kappa shape index (κ2) is 8.63. The summed E-state index contributed by atoms with van der Waals surface area (Å²) >= 11 is 5.80. The Morgan fingerprint density at radius 1 is 1.19 bits per heavy atom. The molecule has 1 saturated heterocycles. The maximum atomic E-state index is 13.1. The number of rotatable bonds is 4. The number of pyridine rings is 1. The number of nitrogens with zero attached hydrogens (tertiary/aromatic N) is 1. The van der Waals surface area contributed by atoms with Crippen LogP contribution < -0.4 is 5.32 Å². The highest BCUT2D eigenvalue weighted by atomic mass is 35.5. The fourth-order valence-corrected chi connectivity index (χ4v) is 2.86. The number of ether oxygens (including phenoxy) is 1. The molecule has 2 rings (SSSR count). The van der Waals surface area contributed by atoms with Crippen molar-refractivity contribution in [2.45, 2.75) is 71.4 Å². The Balaban J connectivity index is 2.39. The fraction of sp³-hybridized carbons (Fsp3) is 0.600. The Bertz CT molecular complexity index is 851. The van der Waals surface area contributed by atoms with Crippen molar-refractivity contribution in [2.24, 2.45) is 0 Å². The van der Waals surface area contributed by atoms with Crippen LogP contribution >= 0.6 is 11.6 Å². The van der Waals surface area contributed by atoms with Crippen molar-refractivity contribution >= 4 is 30.9 Å². The van der Waals surface area contributed by atoms with Crippen molar-refractivity contribution in [1.29, 1.82) is 0 Å². The SMILES string of the molecule is CC(C)(C)OC(=O)NCC(=Cc1cc(Cl)nc(C(F)(F)F)c1)B1OC(C)(C)C(C)(C)O1. The quantitative estimate of drug-likeness (QED) is 0.486. The first-order valence-corrected chi connectivity index (χ1v) is 10.1. The number of nitrogens with one attached hydrogen (secondary N) is 1. The summed E-state index contributed by atoms with van der Waals surface area (Å²) in [5, 5.41) is 2.28. The Morgan fingerprint density at radius 3 is 2.23 bits per heavy atom. The number of aromatic nitrogens is 1. The van der Waals surface area contributed by atoms with Crippen LogP contribution in [0.3, 0.4) is 0 Å². The monoisotopic (exact) mass is 462 g/mol. The molecule has 1 aromatic rings. The van der Waals surface area contributed by atoms with Gasteiger partial charge in [0.2, 0.25) is 0 Å². The van der Waals surface area contributed by atoms with Gasteiger partial charge in [0.05, 0.1) is 11.2 Å². The summed E-state index contributed by atoms with van der Waals surface area (Å²) in [7, 11) is -0.902. The van der Waals surface area contributed by atoms with E-state index in [2.05, 4.69) is 10.3 Å². The third-order valence-corrected chi connectivity index (χ3v) is 5.04. The molecule has 0 aromatic carbocycles. The van der Waals surface area contributed by atoms with E-state index in [1.54, 1.807) is 20.8 Å². The molecule has 0 unspecified atom stereocenters. The van der Waals surface area contributed by atoms with Crippen LogP contribution in [0.15, 0.2) is 17.6 Å². The Labute approximate surface area is 185 Å². The zero-order chi connectivity index (χ0) is 23.8. The molecule has 0 atom stereocenters. The minimum Gasteiger partial charge on any atom is -0.444 e. The summed E-state index contributed by atoms with van der Waals surface area (Å²) in [6.45, 7) is 12.5. The molecule has 0 spiro atoms. The molecule has 172 valence electrons. The average Bonchev–Trinajstić information content (AvgIpc) is 2.76. The highest BCUT2D eigenvalue weighted by Gasteiger charge is 2.52. The van der Waals surface area contributed by atoms with Crippen LogP contribution in [0.4, 0.5) is 18.0 Å². The van der Waals surface area contributed by atoms with Crippen LogP contribution in [0.5, 0.6) is 0 Å². The molecule has 31 heavy (non-hydrogen) atoms. The average molecular weight is 463 g/mol. The number of halogens is 4. The fourth-order valence-electron chi connectivity index (χ4n) is 2.64. The normalized spacial score (nSPS) is 18.8. The van der Waals surface area contributed by atoms with Gasteiger partial charge in [-0.1, -0.05) is 17.7 Å². The molecule has 6 nitrogen and oxygen atoms in total. The molecule has 1 fully saturated rings. The number of carbonyl (C=O) groups is 1. The number of alkyl carbamates (subject to hydrolysis) is 1. The van der Waals surface area contributed by atoms with Crippen LogP contribution in [-0.2, 0) is 20.2 Å². The van der Waals surface area contributed by atoms with E-state index < -0.39 is 41.9 Å². The molecule has 0 saturated carbocycles. The molecule has 0 bridgehead atoms. The molecule has 1 aliphatic heterocycles. The zero-order valence-electron chi connectivity index (χ0n) is 18.6. The van der Waals surface area contributed by atoms with Crippen molar-refractivity contribution in [3.63, 3.8) is 0 Å². The molecule has 0 radical (unpaired) electrons. The highest BCUT2D eigenvalue weighted by Crippen LogP contribution is 2.39. The number of alkyl halides is 3. The standard InChI is InChI=1S/C20H27BClF3N2O4/c1-17(2,3)29-16(28)26-11-13(21-30-18(4,5)19(6,7)31-21)8-12-9-14(20(23,24)25)27-15(22)10-12/h8-10H,11H2,1-7H3,(H,26,28). The van der Waals surface area contributed by atoms with Gasteiger partial charge in [-0.25, -0.2) is 9.78 Å². The molecule has 1 aliphatic rings. The summed E-state index contributed by atoms with van der Waals surface area (Å²) in [5.74, 6) is 0. The highest BCUT2D eigenvalue weighted by molar-refractivity contribution is 6.56. The molecule has 1 aromatic heterocycles. The van der Waals surface area contributed by atoms with E-state index in [9.17, 15) is 18.0 Å². The van der Waals surface area contributed by atoms with E-state index in [0.29, 0.717) is 5.47 Å². The lowest BCUT2D eigenvalue weighted by atomic mass is 9.77. The smallest absolute Gasteiger partial charge is 0.444 e. The topological polar surface area (TPSA) is 69.7 Å². The molecule has 0 aliphatic carbocycles.